The lowest BCUT2D eigenvalue weighted by Gasteiger charge is -2.23. The molecule has 34 heavy (non-hydrogen) atoms. The SMILES string of the molecule is C=CCC(/C=C/c1ccc(OCCCC#N)c(-c2ccc(OC)cc2)c1)(C(=O)OC)C(=O)OC. The summed E-state index contributed by atoms with van der Waals surface area (Å²) in [7, 11) is 4.04. The van der Waals surface area contributed by atoms with Crippen molar-refractivity contribution >= 4 is 18.0 Å². The smallest absolute Gasteiger partial charge is 0.327 e. The van der Waals surface area contributed by atoms with E-state index in [1.54, 1.807) is 13.2 Å². The fourth-order valence-electron chi connectivity index (χ4n) is 3.39. The first kappa shape index (κ1) is 26.2. The van der Waals surface area contributed by atoms with Crippen molar-refractivity contribution in [3.8, 4) is 28.7 Å². The maximum Gasteiger partial charge on any atom is 0.327 e. The van der Waals surface area contributed by atoms with Gasteiger partial charge in [0.25, 0.3) is 0 Å². The lowest BCUT2D eigenvalue weighted by atomic mass is 9.83. The highest BCUT2D eigenvalue weighted by Gasteiger charge is 2.45. The van der Waals surface area contributed by atoms with Gasteiger partial charge in [-0.2, -0.15) is 5.26 Å². The van der Waals surface area contributed by atoms with E-state index in [0.29, 0.717) is 25.2 Å². The van der Waals surface area contributed by atoms with E-state index in [0.717, 1.165) is 22.4 Å². The van der Waals surface area contributed by atoms with Gasteiger partial charge in [-0.25, -0.2) is 0 Å². The Morgan fingerprint density at radius 1 is 1.06 bits per heavy atom. The van der Waals surface area contributed by atoms with Crippen LogP contribution in [0.25, 0.3) is 17.2 Å². The number of carbonyl (C=O) groups is 2. The van der Waals surface area contributed by atoms with Gasteiger partial charge in [0.15, 0.2) is 5.41 Å². The molecule has 0 aromatic heterocycles. The minimum atomic E-state index is -1.64. The lowest BCUT2D eigenvalue weighted by molar-refractivity contribution is -0.164. The number of carbonyl (C=O) groups excluding carboxylic acids is 2. The maximum atomic E-state index is 12.5. The second-order valence-electron chi connectivity index (χ2n) is 7.37. The predicted molar refractivity (Wildman–Crippen MR) is 129 cm³/mol. The van der Waals surface area contributed by atoms with E-state index in [1.165, 1.54) is 26.4 Å². The van der Waals surface area contributed by atoms with Gasteiger partial charge in [-0.3, -0.25) is 9.59 Å². The number of unbranched alkanes of at least 4 members (excludes halogenated alkanes) is 1. The van der Waals surface area contributed by atoms with Crippen LogP contribution in [0.5, 0.6) is 11.5 Å². The number of nitriles is 1. The minimum Gasteiger partial charge on any atom is -0.497 e. The summed E-state index contributed by atoms with van der Waals surface area (Å²) in [6.45, 7) is 4.06. The summed E-state index contributed by atoms with van der Waals surface area (Å²) < 4.78 is 20.9. The summed E-state index contributed by atoms with van der Waals surface area (Å²) in [5, 5.41) is 8.76. The fraction of sp³-hybridized carbons (Fsp3) is 0.296. The molecule has 0 N–H and O–H groups in total. The maximum absolute atomic E-state index is 12.5. The Bertz CT molecular complexity index is 1050. The molecule has 2 rings (SSSR count). The number of hydrogen-bond donors (Lipinski definition) is 0. The van der Waals surface area contributed by atoms with E-state index in [9.17, 15) is 9.59 Å². The fourth-order valence-corrected chi connectivity index (χ4v) is 3.39. The number of allylic oxidation sites excluding steroid dienone is 1. The Morgan fingerprint density at radius 3 is 2.29 bits per heavy atom. The van der Waals surface area contributed by atoms with Gasteiger partial charge in [0, 0.05) is 12.0 Å². The van der Waals surface area contributed by atoms with Gasteiger partial charge in [-0.15, -0.1) is 6.58 Å². The van der Waals surface area contributed by atoms with Crippen LogP contribution in [0.1, 0.15) is 24.8 Å². The molecule has 0 saturated heterocycles. The van der Waals surface area contributed by atoms with E-state index in [2.05, 4.69) is 12.6 Å². The molecule has 0 aliphatic heterocycles. The monoisotopic (exact) mass is 463 g/mol. The third-order valence-corrected chi connectivity index (χ3v) is 5.22. The van der Waals surface area contributed by atoms with Crippen LogP contribution >= 0.6 is 0 Å². The summed E-state index contributed by atoms with van der Waals surface area (Å²) in [4.78, 5) is 25.1. The van der Waals surface area contributed by atoms with Gasteiger partial charge in [0.2, 0.25) is 0 Å². The molecule has 0 radical (unpaired) electrons. The Balaban J connectivity index is 2.50. The Morgan fingerprint density at radius 2 is 1.74 bits per heavy atom. The van der Waals surface area contributed by atoms with Gasteiger partial charge in [0.05, 0.1) is 34.0 Å². The highest BCUT2D eigenvalue weighted by atomic mass is 16.5. The molecule has 7 nitrogen and oxygen atoms in total. The highest BCUT2D eigenvalue weighted by Crippen LogP contribution is 2.34. The quantitative estimate of drug-likeness (QED) is 0.190. The first-order chi connectivity index (χ1) is 16.4. The van der Waals surface area contributed by atoms with Crippen LogP contribution in [0.4, 0.5) is 0 Å². The average Bonchev–Trinajstić information content (AvgIpc) is 2.88. The molecular formula is C27H29NO6. The van der Waals surface area contributed by atoms with Crippen molar-refractivity contribution in [1.82, 2.24) is 0 Å². The van der Waals surface area contributed by atoms with Crippen molar-refractivity contribution in [2.45, 2.75) is 19.3 Å². The van der Waals surface area contributed by atoms with Crippen LogP contribution in [0.15, 0.2) is 61.2 Å². The standard InChI is InChI=1S/C27H29NO6/c1-5-15-27(25(29)32-3,26(30)33-4)16-14-20-8-13-24(34-18-7-6-17-28)23(19-20)21-9-11-22(31-2)12-10-21/h5,8-14,16,19H,1,6-7,15,18H2,2-4H3/b16-14+. The first-order valence-corrected chi connectivity index (χ1v) is 10.7. The Kier molecular flexibility index (Phi) is 9.90. The second kappa shape index (κ2) is 12.9. The third kappa shape index (κ3) is 6.26. The van der Waals surface area contributed by atoms with Crippen LogP contribution in [0.3, 0.4) is 0 Å². The minimum absolute atomic E-state index is 0.0221. The predicted octanol–water partition coefficient (Wildman–Crippen LogP) is 4.97. The molecule has 0 amide bonds. The van der Waals surface area contributed by atoms with Crippen LogP contribution in [-0.4, -0.2) is 39.9 Å². The largest absolute Gasteiger partial charge is 0.497 e. The zero-order chi connectivity index (χ0) is 25.0. The topological polar surface area (TPSA) is 94.9 Å². The van der Waals surface area contributed by atoms with Crippen molar-refractivity contribution in [2.75, 3.05) is 27.9 Å². The average molecular weight is 464 g/mol. The first-order valence-electron chi connectivity index (χ1n) is 10.7. The van der Waals surface area contributed by atoms with Gasteiger partial charge < -0.3 is 18.9 Å². The molecule has 0 fully saturated rings. The molecule has 0 bridgehead atoms. The van der Waals surface area contributed by atoms with Gasteiger partial charge in [-0.1, -0.05) is 36.4 Å². The van der Waals surface area contributed by atoms with Crippen molar-refractivity contribution in [1.29, 1.82) is 5.26 Å². The summed E-state index contributed by atoms with van der Waals surface area (Å²) >= 11 is 0. The highest BCUT2D eigenvalue weighted by molar-refractivity contribution is 6.03. The summed E-state index contributed by atoms with van der Waals surface area (Å²) in [5.41, 5.74) is 0.797. The molecule has 0 aliphatic rings. The molecule has 0 spiro atoms. The zero-order valence-electron chi connectivity index (χ0n) is 19.7. The summed E-state index contributed by atoms with van der Waals surface area (Å²) in [6, 6.07) is 15.2. The molecule has 0 aliphatic carbocycles. The second-order valence-corrected chi connectivity index (χ2v) is 7.37. The van der Waals surface area contributed by atoms with E-state index >= 15 is 0 Å². The number of ether oxygens (including phenoxy) is 4. The van der Waals surface area contributed by atoms with Crippen molar-refractivity contribution in [3.05, 3.63) is 66.8 Å². The van der Waals surface area contributed by atoms with Gasteiger partial charge >= 0.3 is 11.9 Å². The Hall–Kier alpha value is -4.05. The molecule has 2 aromatic rings. The molecule has 0 heterocycles. The van der Waals surface area contributed by atoms with Crippen LogP contribution in [0.2, 0.25) is 0 Å². The molecular weight excluding hydrogens is 434 g/mol. The molecule has 2 aromatic carbocycles. The van der Waals surface area contributed by atoms with Crippen LogP contribution in [-0.2, 0) is 19.1 Å². The van der Waals surface area contributed by atoms with Crippen molar-refractivity contribution in [2.24, 2.45) is 5.41 Å². The lowest BCUT2D eigenvalue weighted by Crippen LogP contribution is -2.39. The van der Waals surface area contributed by atoms with Crippen molar-refractivity contribution in [3.63, 3.8) is 0 Å². The molecule has 0 unspecified atom stereocenters. The van der Waals surface area contributed by atoms with Gasteiger partial charge in [0.1, 0.15) is 11.5 Å². The summed E-state index contributed by atoms with van der Waals surface area (Å²) in [5.74, 6) is -0.0909. The number of methoxy groups -OCH3 is 3. The number of esters is 2. The van der Waals surface area contributed by atoms with E-state index < -0.39 is 17.4 Å². The summed E-state index contributed by atoms with van der Waals surface area (Å²) in [6.07, 6.45) is 5.66. The van der Waals surface area contributed by atoms with Crippen molar-refractivity contribution < 1.29 is 28.5 Å². The number of rotatable bonds is 12. The van der Waals surface area contributed by atoms with E-state index in [1.807, 2.05) is 42.5 Å². The number of hydrogen-bond acceptors (Lipinski definition) is 7. The number of nitrogens with zero attached hydrogens (tertiary/aromatic N) is 1. The molecule has 178 valence electrons. The van der Waals surface area contributed by atoms with Crippen LogP contribution in [0, 0.1) is 16.7 Å². The molecule has 7 heteroatoms. The van der Waals surface area contributed by atoms with Crippen LogP contribution < -0.4 is 9.47 Å². The van der Waals surface area contributed by atoms with E-state index in [4.69, 9.17) is 24.2 Å². The molecule has 0 atom stereocenters. The normalized spacial score (nSPS) is 10.9. The van der Waals surface area contributed by atoms with Gasteiger partial charge in [-0.05, 0) is 48.2 Å². The third-order valence-electron chi connectivity index (χ3n) is 5.22. The van der Waals surface area contributed by atoms with E-state index in [-0.39, 0.29) is 6.42 Å². The number of benzene rings is 2. The zero-order valence-corrected chi connectivity index (χ0v) is 19.7. The molecule has 0 saturated carbocycles. The Labute approximate surface area is 200 Å².